The van der Waals surface area contributed by atoms with Gasteiger partial charge in [-0.25, -0.2) is 22.8 Å². The SMILES string of the molecule is CC(=O)O[C@H]1C(=O)[C@@]2(C)C(C(OC(=O)c3ccccc3)[C@]3(O)C[C@H](OC(=O)[C@H](O)[C@@H](NC(=O)c4ccccc4)c4ccccc4)C(C)=C1C3(C)C)[C@]1(OC(C)=O)CO[C@@H]1C[C@@H]2OC(=O)C(O)C(N)c1ccccc1.CS(=O)(=O)[O-]. The fourth-order valence-corrected chi connectivity index (χ4v) is 11.5. The van der Waals surface area contributed by atoms with Crippen molar-refractivity contribution in [2.75, 3.05) is 12.9 Å². The first kappa shape index (κ1) is 59.5. The number of ether oxygens (including phenoxy) is 6. The molecule has 6 N–H and O–H groups in total. The predicted molar refractivity (Wildman–Crippen MR) is 277 cm³/mol. The summed E-state index contributed by atoms with van der Waals surface area (Å²) in [6.07, 6.45) is -12.9. The summed E-state index contributed by atoms with van der Waals surface area (Å²) in [6, 6.07) is 29.5. The molecule has 22 heteroatoms. The highest BCUT2D eigenvalue weighted by Gasteiger charge is 2.79. The Labute approximate surface area is 456 Å². The van der Waals surface area contributed by atoms with Gasteiger partial charge in [-0.3, -0.25) is 19.2 Å². The molecule has 3 fully saturated rings. The van der Waals surface area contributed by atoms with Crippen LogP contribution in [0.15, 0.2) is 132 Å². The average molecular weight is 1110 g/mol. The molecule has 3 aliphatic carbocycles. The van der Waals surface area contributed by atoms with E-state index in [2.05, 4.69) is 5.32 Å². The van der Waals surface area contributed by atoms with Gasteiger partial charge < -0.3 is 59.3 Å². The van der Waals surface area contributed by atoms with Gasteiger partial charge >= 0.3 is 29.8 Å². The van der Waals surface area contributed by atoms with Crippen molar-refractivity contribution in [1.82, 2.24) is 5.32 Å². The molecule has 21 nitrogen and oxygen atoms in total. The molecule has 13 atom stereocenters. The van der Waals surface area contributed by atoms with E-state index in [1.807, 2.05) is 0 Å². The second-order valence-electron chi connectivity index (χ2n) is 20.8. The topological polar surface area (TPSA) is 331 Å². The van der Waals surface area contributed by atoms with E-state index < -0.39 is 147 Å². The van der Waals surface area contributed by atoms with E-state index in [1.165, 1.54) is 39.8 Å². The molecule has 79 heavy (non-hydrogen) atoms. The van der Waals surface area contributed by atoms with Crippen LogP contribution in [0.25, 0.3) is 0 Å². The number of fused-ring (bicyclic) bond motifs is 5. The van der Waals surface area contributed by atoms with E-state index in [-0.39, 0.29) is 28.7 Å². The fourth-order valence-electron chi connectivity index (χ4n) is 11.5. The summed E-state index contributed by atoms with van der Waals surface area (Å²) < 4.78 is 64.4. The number of Topliss-reactive ketones (excluding diaryl/α,β-unsaturated/α-hetero) is 1. The molecule has 4 aliphatic rings. The van der Waals surface area contributed by atoms with Crippen LogP contribution in [-0.4, -0.2) is 137 Å². The normalized spacial score (nSPS) is 28.2. The third kappa shape index (κ3) is 11.9. The maximum Gasteiger partial charge on any atom is 0.338 e. The predicted octanol–water partition coefficient (Wildman–Crippen LogP) is 3.51. The van der Waals surface area contributed by atoms with Gasteiger partial charge in [-0.05, 0) is 60.4 Å². The van der Waals surface area contributed by atoms with Gasteiger partial charge in [-0.15, -0.1) is 0 Å². The molecular formula is C57H63N2O19S-. The van der Waals surface area contributed by atoms with Crippen LogP contribution in [0.4, 0.5) is 0 Å². The molecule has 1 heterocycles. The minimum atomic E-state index is -3.92. The Kier molecular flexibility index (Phi) is 17.5. The lowest BCUT2D eigenvalue weighted by atomic mass is 9.44. The first-order valence-electron chi connectivity index (χ1n) is 25.2. The van der Waals surface area contributed by atoms with Crippen molar-refractivity contribution in [3.05, 3.63) is 155 Å². The molecule has 2 bridgehead atoms. The lowest BCUT2D eigenvalue weighted by Crippen LogP contribution is -2.82. The van der Waals surface area contributed by atoms with Crippen LogP contribution in [0.5, 0.6) is 0 Å². The Morgan fingerprint density at radius 3 is 1.76 bits per heavy atom. The lowest BCUT2D eigenvalue weighted by molar-refractivity contribution is -0.346. The monoisotopic (exact) mass is 1110 g/mol. The van der Waals surface area contributed by atoms with Gasteiger partial charge in [-0.2, -0.15) is 0 Å². The summed E-state index contributed by atoms with van der Waals surface area (Å²) in [5.74, 6) is -8.74. The molecule has 4 aromatic rings. The zero-order chi connectivity index (χ0) is 58.0. The van der Waals surface area contributed by atoms with Gasteiger partial charge in [0.15, 0.2) is 29.7 Å². The van der Waals surface area contributed by atoms with E-state index in [9.17, 15) is 44.1 Å². The van der Waals surface area contributed by atoms with Crippen molar-refractivity contribution in [2.45, 2.75) is 120 Å². The molecule has 0 spiro atoms. The molecule has 4 aromatic carbocycles. The van der Waals surface area contributed by atoms with E-state index in [4.69, 9.17) is 47.1 Å². The average Bonchev–Trinajstić information content (AvgIpc) is 3.26. The number of carbonyl (C=O) groups excluding carboxylic acids is 7. The van der Waals surface area contributed by atoms with E-state index >= 15 is 4.79 Å². The van der Waals surface area contributed by atoms with E-state index in [0.717, 1.165) is 13.8 Å². The zero-order valence-corrected chi connectivity index (χ0v) is 45.1. The van der Waals surface area contributed by atoms with Crippen LogP contribution in [0, 0.1) is 16.7 Å². The van der Waals surface area contributed by atoms with Gasteiger partial charge in [0.25, 0.3) is 5.91 Å². The van der Waals surface area contributed by atoms with Crippen molar-refractivity contribution < 1.29 is 90.3 Å². The van der Waals surface area contributed by atoms with E-state index in [1.54, 1.807) is 109 Å². The van der Waals surface area contributed by atoms with Crippen LogP contribution < -0.4 is 11.1 Å². The Morgan fingerprint density at radius 1 is 0.747 bits per heavy atom. The summed E-state index contributed by atoms with van der Waals surface area (Å²) >= 11 is 0. The highest BCUT2D eigenvalue weighted by molar-refractivity contribution is 7.84. The summed E-state index contributed by atoms with van der Waals surface area (Å²) in [4.78, 5) is 100. The number of aliphatic hydroxyl groups is 3. The highest BCUT2D eigenvalue weighted by atomic mass is 32.2. The smallest absolute Gasteiger partial charge is 0.338 e. The highest BCUT2D eigenvalue weighted by Crippen LogP contribution is 2.65. The number of rotatable bonds is 14. The van der Waals surface area contributed by atoms with Crippen LogP contribution in [0.1, 0.15) is 98.3 Å². The fraction of sp³-hybridized carbons (Fsp3) is 0.421. The Bertz CT molecular complexity index is 3080. The molecule has 1 aliphatic heterocycles. The molecule has 2 saturated carbocycles. The number of benzene rings is 4. The third-order valence-corrected chi connectivity index (χ3v) is 15.5. The Hall–Kier alpha value is -7.18. The van der Waals surface area contributed by atoms with Crippen molar-refractivity contribution in [2.24, 2.45) is 22.5 Å². The van der Waals surface area contributed by atoms with E-state index in [0.29, 0.717) is 17.4 Å². The van der Waals surface area contributed by atoms with Crippen molar-refractivity contribution in [1.29, 1.82) is 0 Å². The quantitative estimate of drug-likeness (QED) is 0.0522. The Morgan fingerprint density at radius 2 is 1.25 bits per heavy atom. The van der Waals surface area contributed by atoms with Crippen molar-refractivity contribution >= 4 is 51.7 Å². The second kappa shape index (κ2) is 23.3. The molecule has 8 rings (SSSR count). The number of nitrogens with two attached hydrogens (primary N) is 1. The summed E-state index contributed by atoms with van der Waals surface area (Å²) in [6.45, 7) is 7.62. The minimum Gasteiger partial charge on any atom is -0.748 e. The van der Waals surface area contributed by atoms with Gasteiger partial charge in [-0.1, -0.05) is 111 Å². The van der Waals surface area contributed by atoms with Crippen molar-refractivity contribution in [3.8, 4) is 0 Å². The second-order valence-corrected chi connectivity index (χ2v) is 22.3. The van der Waals surface area contributed by atoms with Gasteiger partial charge in [0.1, 0.15) is 30.0 Å². The Balaban J connectivity index is 0.00000173. The standard InChI is InChI=1S/C56H60N2O16.CH4O3S/c1-30-37(71-52(67)44(62)42(34-21-13-8-14-22-34)58-49(64)35-23-15-9-16-24-35)28-56(68)48(73-50(65)36-25-17-10-18-26-36)46-54(6,47(63)45(70-31(2)59)40(30)53(56,4)5)38(27-39-55(46,29-69-39)74-32(3)60)72-51(66)43(61)41(57)33-19-11-7-12-20-33;1-5(2,3)4/h7-26,37-39,41-46,48,61-62,68H,27-29,57H2,1-6H3,(H,58,64);1H3,(H,2,3,4)/p-1/t37-,38-,39+,41?,42-,43?,44+,45+,46?,48?,54+,55-,56+;/m0./s1. The van der Waals surface area contributed by atoms with Crippen LogP contribution in [0.2, 0.25) is 0 Å². The molecule has 422 valence electrons. The third-order valence-electron chi connectivity index (χ3n) is 15.5. The molecule has 0 aromatic heterocycles. The lowest BCUT2D eigenvalue weighted by Gasteiger charge is -2.67. The molecule has 0 radical (unpaired) electrons. The van der Waals surface area contributed by atoms with Crippen LogP contribution in [0.3, 0.4) is 0 Å². The summed E-state index contributed by atoms with van der Waals surface area (Å²) in [7, 11) is -3.92. The molecular weight excluding hydrogens is 1050 g/mol. The van der Waals surface area contributed by atoms with Crippen LogP contribution >= 0.6 is 0 Å². The number of ketones is 1. The number of hydrogen-bond donors (Lipinski definition) is 5. The zero-order valence-electron chi connectivity index (χ0n) is 44.3. The number of aliphatic hydroxyl groups excluding tert-OH is 2. The molecule has 1 saturated heterocycles. The van der Waals surface area contributed by atoms with Crippen LogP contribution in [-0.2, 0) is 62.5 Å². The first-order chi connectivity index (χ1) is 37.1. The number of carbonyl (C=O) groups is 7. The minimum absolute atomic E-state index is 0.0000937. The number of hydrogen-bond acceptors (Lipinski definition) is 20. The van der Waals surface area contributed by atoms with Gasteiger partial charge in [0, 0.05) is 43.9 Å². The summed E-state index contributed by atoms with van der Waals surface area (Å²) in [5.41, 5.74) is -1.25. The molecule has 4 unspecified atom stereocenters. The molecule has 1 amide bonds. The number of nitrogens with one attached hydrogen (secondary N) is 1. The summed E-state index contributed by atoms with van der Waals surface area (Å²) in [5, 5.41) is 40.2. The van der Waals surface area contributed by atoms with Crippen molar-refractivity contribution in [3.63, 3.8) is 0 Å². The maximum absolute atomic E-state index is 16.3. The maximum atomic E-state index is 16.3. The largest absolute Gasteiger partial charge is 0.748 e. The van der Waals surface area contributed by atoms with Gasteiger partial charge in [0.05, 0.1) is 45.7 Å². The first-order valence-corrected chi connectivity index (χ1v) is 27.0. The number of amides is 1. The van der Waals surface area contributed by atoms with Gasteiger partial charge in [0.2, 0.25) is 0 Å². The number of esters is 5.